The van der Waals surface area contributed by atoms with Gasteiger partial charge < -0.3 is 9.47 Å². The maximum atomic E-state index is 6.15. The molecule has 0 heterocycles. The SMILES string of the molecule is CCCCCCCCCCCCOC(C)c1ccc(-c2ccccc2-c2ccc(OC)cc2)cc1. The topological polar surface area (TPSA) is 18.5 Å². The highest BCUT2D eigenvalue weighted by molar-refractivity contribution is 5.83. The Morgan fingerprint density at radius 1 is 0.600 bits per heavy atom. The molecule has 1 unspecified atom stereocenters. The Bertz CT molecular complexity index is 959. The number of methoxy groups -OCH3 is 1. The molecular weight excluding hydrogens is 428 g/mol. The van der Waals surface area contributed by atoms with Crippen LogP contribution in [0, 0.1) is 0 Å². The average molecular weight is 473 g/mol. The van der Waals surface area contributed by atoms with Crippen molar-refractivity contribution < 1.29 is 9.47 Å². The van der Waals surface area contributed by atoms with Crippen molar-refractivity contribution in [2.45, 2.75) is 84.2 Å². The van der Waals surface area contributed by atoms with Gasteiger partial charge in [-0.15, -0.1) is 0 Å². The van der Waals surface area contributed by atoms with Crippen LogP contribution in [-0.4, -0.2) is 13.7 Å². The molecule has 2 heteroatoms. The van der Waals surface area contributed by atoms with Crippen molar-refractivity contribution in [3.05, 3.63) is 78.4 Å². The van der Waals surface area contributed by atoms with Crippen molar-refractivity contribution in [1.29, 1.82) is 0 Å². The van der Waals surface area contributed by atoms with E-state index in [4.69, 9.17) is 9.47 Å². The van der Waals surface area contributed by atoms with Crippen LogP contribution in [0.1, 0.15) is 89.7 Å². The Kier molecular flexibility index (Phi) is 11.9. The van der Waals surface area contributed by atoms with E-state index < -0.39 is 0 Å². The van der Waals surface area contributed by atoms with Gasteiger partial charge in [-0.05, 0) is 53.3 Å². The van der Waals surface area contributed by atoms with Gasteiger partial charge in [0.15, 0.2) is 0 Å². The van der Waals surface area contributed by atoms with E-state index in [1.807, 2.05) is 12.1 Å². The minimum absolute atomic E-state index is 0.124. The van der Waals surface area contributed by atoms with Crippen LogP contribution in [0.15, 0.2) is 72.8 Å². The molecule has 3 rings (SSSR count). The van der Waals surface area contributed by atoms with Crippen molar-refractivity contribution in [3.63, 3.8) is 0 Å². The third-order valence-electron chi connectivity index (χ3n) is 6.88. The molecule has 0 spiro atoms. The highest BCUT2D eigenvalue weighted by Gasteiger charge is 2.10. The summed E-state index contributed by atoms with van der Waals surface area (Å²) in [6.07, 6.45) is 13.7. The van der Waals surface area contributed by atoms with Gasteiger partial charge in [0.25, 0.3) is 0 Å². The molecule has 2 nitrogen and oxygen atoms in total. The zero-order valence-electron chi connectivity index (χ0n) is 22.1. The van der Waals surface area contributed by atoms with E-state index in [2.05, 4.69) is 74.5 Å². The van der Waals surface area contributed by atoms with Crippen molar-refractivity contribution in [1.82, 2.24) is 0 Å². The molecule has 0 bridgehead atoms. The molecule has 0 aliphatic carbocycles. The number of hydrogen-bond donors (Lipinski definition) is 0. The van der Waals surface area contributed by atoms with Gasteiger partial charge in [-0.25, -0.2) is 0 Å². The van der Waals surface area contributed by atoms with Crippen LogP contribution in [0.4, 0.5) is 0 Å². The van der Waals surface area contributed by atoms with Gasteiger partial charge in [0.1, 0.15) is 5.75 Å². The summed E-state index contributed by atoms with van der Waals surface area (Å²) in [5.41, 5.74) is 6.12. The minimum atomic E-state index is 0.124. The molecule has 0 saturated carbocycles. The normalized spacial score (nSPS) is 12.0. The lowest BCUT2D eigenvalue weighted by Gasteiger charge is -2.15. The predicted molar refractivity (Wildman–Crippen MR) is 150 cm³/mol. The molecule has 1 atom stereocenters. The van der Waals surface area contributed by atoms with Crippen LogP contribution in [0.5, 0.6) is 5.75 Å². The van der Waals surface area contributed by atoms with Crippen molar-refractivity contribution in [2.24, 2.45) is 0 Å². The molecule has 0 fully saturated rings. The van der Waals surface area contributed by atoms with Gasteiger partial charge in [0, 0.05) is 6.61 Å². The predicted octanol–water partition coefficient (Wildman–Crippen LogP) is 10.0. The van der Waals surface area contributed by atoms with Crippen LogP contribution in [-0.2, 0) is 4.74 Å². The number of unbranched alkanes of at least 4 members (excludes halogenated alkanes) is 9. The zero-order valence-corrected chi connectivity index (χ0v) is 22.1. The molecule has 0 aliphatic rings. The summed E-state index contributed by atoms with van der Waals surface area (Å²) in [5.74, 6) is 0.877. The molecule has 0 radical (unpaired) electrons. The quantitative estimate of drug-likeness (QED) is 0.193. The highest BCUT2D eigenvalue weighted by atomic mass is 16.5. The van der Waals surface area contributed by atoms with Gasteiger partial charge in [-0.2, -0.15) is 0 Å². The fourth-order valence-corrected chi connectivity index (χ4v) is 4.64. The van der Waals surface area contributed by atoms with Gasteiger partial charge in [-0.3, -0.25) is 0 Å². The van der Waals surface area contributed by atoms with Crippen molar-refractivity contribution in [2.75, 3.05) is 13.7 Å². The Morgan fingerprint density at radius 2 is 1.09 bits per heavy atom. The summed E-state index contributed by atoms with van der Waals surface area (Å²) >= 11 is 0. The maximum Gasteiger partial charge on any atom is 0.118 e. The highest BCUT2D eigenvalue weighted by Crippen LogP contribution is 2.33. The van der Waals surface area contributed by atoms with E-state index in [-0.39, 0.29) is 6.10 Å². The second kappa shape index (κ2) is 15.4. The third kappa shape index (κ3) is 8.85. The molecule has 0 N–H and O–H groups in total. The van der Waals surface area contributed by atoms with Crippen LogP contribution in [0.25, 0.3) is 22.3 Å². The van der Waals surface area contributed by atoms with Gasteiger partial charge in [0.05, 0.1) is 13.2 Å². The number of benzene rings is 3. The lowest BCUT2D eigenvalue weighted by atomic mass is 9.94. The average Bonchev–Trinajstić information content (AvgIpc) is 2.92. The lowest BCUT2D eigenvalue weighted by molar-refractivity contribution is 0.0627. The smallest absolute Gasteiger partial charge is 0.118 e. The van der Waals surface area contributed by atoms with Crippen molar-refractivity contribution >= 4 is 0 Å². The number of hydrogen-bond acceptors (Lipinski definition) is 2. The summed E-state index contributed by atoms with van der Waals surface area (Å²) in [5, 5.41) is 0. The Hall–Kier alpha value is -2.58. The van der Waals surface area contributed by atoms with E-state index in [1.165, 1.54) is 85.6 Å². The minimum Gasteiger partial charge on any atom is -0.497 e. The summed E-state index contributed by atoms with van der Waals surface area (Å²) in [7, 11) is 1.70. The third-order valence-corrected chi connectivity index (χ3v) is 6.88. The maximum absolute atomic E-state index is 6.15. The van der Waals surface area contributed by atoms with Gasteiger partial charge in [-0.1, -0.05) is 125 Å². The van der Waals surface area contributed by atoms with E-state index >= 15 is 0 Å². The molecule has 3 aromatic carbocycles. The first-order chi connectivity index (χ1) is 17.2. The second-order valence-electron chi connectivity index (χ2n) is 9.59. The first-order valence-electron chi connectivity index (χ1n) is 13.7. The largest absolute Gasteiger partial charge is 0.497 e. The van der Waals surface area contributed by atoms with E-state index in [0.717, 1.165) is 18.8 Å². The fourth-order valence-electron chi connectivity index (χ4n) is 4.64. The van der Waals surface area contributed by atoms with Crippen molar-refractivity contribution in [3.8, 4) is 28.0 Å². The van der Waals surface area contributed by atoms with Crippen LogP contribution < -0.4 is 4.74 Å². The molecule has 0 saturated heterocycles. The molecule has 0 aliphatic heterocycles. The van der Waals surface area contributed by atoms with Crippen LogP contribution in [0.3, 0.4) is 0 Å². The second-order valence-corrected chi connectivity index (χ2v) is 9.59. The van der Waals surface area contributed by atoms with Crippen LogP contribution in [0.2, 0.25) is 0 Å². The summed E-state index contributed by atoms with van der Waals surface area (Å²) < 4.78 is 11.5. The zero-order chi connectivity index (χ0) is 24.7. The summed E-state index contributed by atoms with van der Waals surface area (Å²) in [4.78, 5) is 0. The lowest BCUT2D eigenvalue weighted by Crippen LogP contribution is -2.02. The van der Waals surface area contributed by atoms with E-state index in [0.29, 0.717) is 0 Å². The monoisotopic (exact) mass is 472 g/mol. The molecule has 35 heavy (non-hydrogen) atoms. The fraction of sp³-hybridized carbons (Fsp3) is 0.455. The van der Waals surface area contributed by atoms with Gasteiger partial charge in [0.2, 0.25) is 0 Å². The van der Waals surface area contributed by atoms with E-state index in [9.17, 15) is 0 Å². The number of ether oxygens (including phenoxy) is 2. The molecule has 3 aromatic rings. The van der Waals surface area contributed by atoms with Gasteiger partial charge >= 0.3 is 0 Å². The Labute approximate surface area is 213 Å². The Balaban J connectivity index is 1.45. The summed E-state index contributed by atoms with van der Waals surface area (Å²) in [6.45, 7) is 5.29. The first-order valence-corrected chi connectivity index (χ1v) is 13.7. The first kappa shape index (κ1) is 27.0. The molecular formula is C33H44O2. The standard InChI is InChI=1S/C33H44O2/c1-4-5-6-7-8-9-10-11-12-15-26-35-27(2)28-18-20-29(21-19-28)32-16-13-14-17-33(32)30-22-24-31(34-3)25-23-30/h13-14,16-25,27H,4-12,15,26H2,1-3H3. The summed E-state index contributed by atoms with van der Waals surface area (Å²) in [6, 6.07) is 25.7. The van der Waals surface area contributed by atoms with E-state index in [1.54, 1.807) is 7.11 Å². The Morgan fingerprint density at radius 3 is 1.60 bits per heavy atom. The number of rotatable bonds is 16. The van der Waals surface area contributed by atoms with Crippen LogP contribution >= 0.6 is 0 Å². The molecule has 0 aromatic heterocycles. The molecule has 0 amide bonds. The molecule has 188 valence electrons.